The predicted octanol–water partition coefficient (Wildman–Crippen LogP) is 3.48. The fourth-order valence-electron chi connectivity index (χ4n) is 1.97. The molecule has 0 aliphatic heterocycles. The fourth-order valence-corrected chi connectivity index (χ4v) is 1.97. The van der Waals surface area contributed by atoms with Gasteiger partial charge in [0, 0.05) is 5.92 Å². The van der Waals surface area contributed by atoms with Gasteiger partial charge < -0.3 is 0 Å². The average Bonchev–Trinajstić information content (AvgIpc) is 2.18. The van der Waals surface area contributed by atoms with Gasteiger partial charge in [-0.15, -0.1) is 0 Å². The van der Waals surface area contributed by atoms with Crippen molar-refractivity contribution in [3.8, 4) is 0 Å². The Bertz CT molecular complexity index is 300. The van der Waals surface area contributed by atoms with Gasteiger partial charge in [-0.2, -0.15) is 0 Å². The highest BCUT2D eigenvalue weighted by molar-refractivity contribution is 5.78. The summed E-state index contributed by atoms with van der Waals surface area (Å²) in [7, 11) is 0. The van der Waals surface area contributed by atoms with Crippen molar-refractivity contribution in [2.75, 3.05) is 0 Å². The molecule has 15 heavy (non-hydrogen) atoms. The molecule has 0 aromatic heterocycles. The van der Waals surface area contributed by atoms with Crippen LogP contribution in [0.15, 0.2) is 30.3 Å². The van der Waals surface area contributed by atoms with Gasteiger partial charge in [-0.1, -0.05) is 44.2 Å². The third kappa shape index (κ3) is 3.86. The number of aryl methyl sites for hydroxylation is 1. The molecule has 0 N–H and O–H groups in total. The highest BCUT2D eigenvalue weighted by Crippen LogP contribution is 2.18. The molecule has 0 bridgehead atoms. The van der Waals surface area contributed by atoms with E-state index < -0.39 is 0 Å². The van der Waals surface area contributed by atoms with Crippen LogP contribution in [0.1, 0.15) is 32.8 Å². The highest BCUT2D eigenvalue weighted by atomic mass is 16.1. The lowest BCUT2D eigenvalue weighted by molar-refractivity contribution is -0.122. The Morgan fingerprint density at radius 3 is 2.27 bits per heavy atom. The Balaban J connectivity index is 2.51. The number of carbonyl (C=O) groups excluding carboxylic acids is 1. The second-order valence-corrected chi connectivity index (χ2v) is 4.49. The first-order valence-corrected chi connectivity index (χ1v) is 5.65. The van der Waals surface area contributed by atoms with E-state index in [4.69, 9.17) is 0 Å². The molecule has 82 valence electrons. The normalized spacial score (nSPS) is 12.8. The van der Waals surface area contributed by atoms with Gasteiger partial charge in [0.25, 0.3) is 0 Å². The summed E-state index contributed by atoms with van der Waals surface area (Å²) in [5.41, 5.74) is 1.32. The number of benzene rings is 1. The van der Waals surface area contributed by atoms with Crippen LogP contribution >= 0.6 is 0 Å². The quantitative estimate of drug-likeness (QED) is 0.717. The van der Waals surface area contributed by atoms with E-state index in [0.717, 1.165) is 12.8 Å². The number of Topliss-reactive ketones (excluding diaryl/α,β-unsaturated/α-hetero) is 1. The summed E-state index contributed by atoms with van der Waals surface area (Å²) in [6.07, 6.45) is 1.97. The van der Waals surface area contributed by atoms with Crippen molar-refractivity contribution in [1.29, 1.82) is 0 Å². The number of ketones is 1. The van der Waals surface area contributed by atoms with Crippen LogP contribution in [0.5, 0.6) is 0 Å². The number of rotatable bonds is 5. The molecule has 0 saturated heterocycles. The molecule has 0 aliphatic carbocycles. The second-order valence-electron chi connectivity index (χ2n) is 4.49. The molecular formula is C14H20O. The van der Waals surface area contributed by atoms with Gasteiger partial charge in [0.2, 0.25) is 0 Å². The first-order chi connectivity index (χ1) is 7.11. The van der Waals surface area contributed by atoms with Crippen molar-refractivity contribution in [1.82, 2.24) is 0 Å². The average molecular weight is 204 g/mol. The molecular weight excluding hydrogens is 184 g/mol. The Hall–Kier alpha value is -1.11. The van der Waals surface area contributed by atoms with Crippen molar-refractivity contribution in [2.45, 2.75) is 33.6 Å². The summed E-state index contributed by atoms with van der Waals surface area (Å²) < 4.78 is 0. The van der Waals surface area contributed by atoms with Gasteiger partial charge in [-0.25, -0.2) is 0 Å². The fraction of sp³-hybridized carbons (Fsp3) is 0.500. The van der Waals surface area contributed by atoms with Crippen LogP contribution in [0.2, 0.25) is 0 Å². The Kier molecular flexibility index (Phi) is 4.54. The van der Waals surface area contributed by atoms with E-state index in [1.807, 2.05) is 18.2 Å². The van der Waals surface area contributed by atoms with Crippen molar-refractivity contribution in [3.05, 3.63) is 35.9 Å². The Labute approximate surface area is 92.5 Å². The van der Waals surface area contributed by atoms with Crippen LogP contribution in [0, 0.1) is 11.8 Å². The summed E-state index contributed by atoms with van der Waals surface area (Å²) >= 11 is 0. The maximum absolute atomic E-state index is 11.4. The Morgan fingerprint density at radius 1 is 1.20 bits per heavy atom. The second kappa shape index (κ2) is 5.69. The number of carbonyl (C=O) groups is 1. The van der Waals surface area contributed by atoms with E-state index in [-0.39, 0.29) is 5.92 Å². The molecule has 1 nitrogen and oxygen atoms in total. The van der Waals surface area contributed by atoms with Crippen molar-refractivity contribution in [2.24, 2.45) is 11.8 Å². The predicted molar refractivity (Wildman–Crippen MR) is 63.8 cm³/mol. The highest BCUT2D eigenvalue weighted by Gasteiger charge is 2.17. The third-order valence-corrected chi connectivity index (χ3v) is 2.91. The first-order valence-electron chi connectivity index (χ1n) is 5.65. The minimum Gasteiger partial charge on any atom is -0.300 e. The minimum atomic E-state index is 0.213. The molecule has 0 aliphatic rings. The van der Waals surface area contributed by atoms with Crippen LogP contribution < -0.4 is 0 Å². The summed E-state index contributed by atoms with van der Waals surface area (Å²) in [4.78, 5) is 11.4. The minimum absolute atomic E-state index is 0.213. The molecule has 0 radical (unpaired) electrons. The van der Waals surface area contributed by atoms with E-state index in [1.54, 1.807) is 6.92 Å². The molecule has 1 heteroatoms. The molecule has 0 fully saturated rings. The lowest BCUT2D eigenvalue weighted by atomic mass is 9.87. The summed E-state index contributed by atoms with van der Waals surface area (Å²) in [5, 5.41) is 0. The van der Waals surface area contributed by atoms with E-state index >= 15 is 0 Å². The smallest absolute Gasteiger partial charge is 0.133 e. The van der Waals surface area contributed by atoms with Gasteiger partial charge in [0.1, 0.15) is 5.78 Å². The zero-order chi connectivity index (χ0) is 11.3. The largest absolute Gasteiger partial charge is 0.300 e. The maximum Gasteiger partial charge on any atom is 0.133 e. The van der Waals surface area contributed by atoms with E-state index in [2.05, 4.69) is 26.0 Å². The van der Waals surface area contributed by atoms with Crippen LogP contribution in [0.3, 0.4) is 0 Å². The van der Waals surface area contributed by atoms with Gasteiger partial charge >= 0.3 is 0 Å². The van der Waals surface area contributed by atoms with E-state index in [0.29, 0.717) is 11.7 Å². The summed E-state index contributed by atoms with van der Waals surface area (Å²) in [5.74, 6) is 0.984. The van der Waals surface area contributed by atoms with Gasteiger partial charge in [0.05, 0.1) is 0 Å². The van der Waals surface area contributed by atoms with Crippen molar-refractivity contribution < 1.29 is 4.79 Å². The van der Waals surface area contributed by atoms with Crippen molar-refractivity contribution in [3.63, 3.8) is 0 Å². The van der Waals surface area contributed by atoms with Crippen molar-refractivity contribution >= 4 is 5.78 Å². The zero-order valence-electron chi connectivity index (χ0n) is 9.86. The standard InChI is InChI=1S/C14H20O/c1-11(2)14(12(3)15)10-9-13-7-5-4-6-8-13/h4-8,11,14H,9-10H2,1-3H3. The zero-order valence-corrected chi connectivity index (χ0v) is 9.86. The lowest BCUT2D eigenvalue weighted by Crippen LogP contribution is -2.18. The number of hydrogen-bond acceptors (Lipinski definition) is 1. The van der Waals surface area contributed by atoms with Gasteiger partial charge in [-0.05, 0) is 31.2 Å². The molecule has 1 rings (SSSR count). The summed E-state index contributed by atoms with van der Waals surface area (Å²) in [6, 6.07) is 10.4. The van der Waals surface area contributed by atoms with Crippen LogP contribution in [-0.2, 0) is 11.2 Å². The summed E-state index contributed by atoms with van der Waals surface area (Å²) in [6.45, 7) is 5.95. The molecule has 1 aromatic rings. The van der Waals surface area contributed by atoms with E-state index in [1.165, 1.54) is 5.56 Å². The molecule has 0 saturated carbocycles. The topological polar surface area (TPSA) is 17.1 Å². The lowest BCUT2D eigenvalue weighted by Gasteiger charge is -2.17. The van der Waals surface area contributed by atoms with E-state index in [9.17, 15) is 4.79 Å². The monoisotopic (exact) mass is 204 g/mol. The molecule has 1 aromatic carbocycles. The number of hydrogen-bond donors (Lipinski definition) is 0. The van der Waals surface area contributed by atoms with Crippen LogP contribution in [0.25, 0.3) is 0 Å². The Morgan fingerprint density at radius 2 is 1.80 bits per heavy atom. The van der Waals surface area contributed by atoms with Gasteiger partial charge in [-0.3, -0.25) is 4.79 Å². The molecule has 1 unspecified atom stereocenters. The molecule has 0 heterocycles. The molecule has 0 spiro atoms. The molecule has 0 amide bonds. The van der Waals surface area contributed by atoms with Gasteiger partial charge in [0.15, 0.2) is 0 Å². The van der Waals surface area contributed by atoms with Crippen LogP contribution in [-0.4, -0.2) is 5.78 Å². The third-order valence-electron chi connectivity index (χ3n) is 2.91. The molecule has 1 atom stereocenters. The van der Waals surface area contributed by atoms with Crippen LogP contribution in [0.4, 0.5) is 0 Å². The first kappa shape index (κ1) is 12.0. The maximum atomic E-state index is 11.4. The SMILES string of the molecule is CC(=O)C(CCc1ccccc1)C(C)C.